The first kappa shape index (κ1) is 23.9. The van der Waals surface area contributed by atoms with Crippen molar-refractivity contribution in [1.82, 2.24) is 15.1 Å². The summed E-state index contributed by atoms with van der Waals surface area (Å²) in [5, 5.41) is 18.3. The fourth-order valence-electron chi connectivity index (χ4n) is 4.65. The number of anilines is 1. The summed E-state index contributed by atoms with van der Waals surface area (Å²) in [5.74, 6) is -0.741. The second kappa shape index (κ2) is 10.6. The molecule has 3 rings (SSSR count). The van der Waals surface area contributed by atoms with Crippen molar-refractivity contribution < 1.29 is 49.0 Å². The van der Waals surface area contributed by atoms with Gasteiger partial charge in [-0.25, -0.2) is 4.68 Å². The molecule has 1 saturated heterocycles. The van der Waals surface area contributed by atoms with Crippen LogP contribution in [0, 0.1) is 5.41 Å². The number of rotatable bonds is 7. The number of hydrogen-bond acceptors (Lipinski definition) is 5. The summed E-state index contributed by atoms with van der Waals surface area (Å²) in [5.41, 5.74) is -0.542. The summed E-state index contributed by atoms with van der Waals surface area (Å²) in [6, 6.07) is 1.23. The van der Waals surface area contributed by atoms with Gasteiger partial charge in [0, 0.05) is 31.5 Å². The summed E-state index contributed by atoms with van der Waals surface area (Å²) >= 11 is 0. The Morgan fingerprint density at radius 2 is 1.97 bits per heavy atom. The van der Waals surface area contributed by atoms with Crippen molar-refractivity contribution in [2.75, 3.05) is 11.4 Å². The fraction of sp³-hybridized carbons (Fsp3) is 0.700. The Bertz CT molecular complexity index is 730. The Balaban J connectivity index is 0.00000300. The predicted molar refractivity (Wildman–Crippen MR) is 101 cm³/mol. The van der Waals surface area contributed by atoms with Crippen LogP contribution in [0.25, 0.3) is 0 Å². The Hall–Kier alpha value is -1.38. The molecule has 0 bridgehead atoms. The van der Waals surface area contributed by atoms with E-state index >= 15 is 0 Å². The Kier molecular flexibility index (Phi) is 8.73. The zero-order valence-electron chi connectivity index (χ0n) is 17.5. The molecule has 2 amide bonds. The third-order valence-electron chi connectivity index (χ3n) is 6.01. The van der Waals surface area contributed by atoms with Crippen LogP contribution in [0.4, 0.5) is 5.82 Å². The van der Waals surface area contributed by atoms with Gasteiger partial charge in [-0.3, -0.25) is 14.5 Å². The molecule has 0 spiro atoms. The SMILES string of the molecule is CCn1nccc1N1CCCC(NC(=O)CC2(CC(=O)[O-])CCCCC2)C1=O.[Na+]. The maximum Gasteiger partial charge on any atom is 1.00 e. The van der Waals surface area contributed by atoms with E-state index < -0.39 is 17.4 Å². The normalized spacial score (nSPS) is 21.3. The van der Waals surface area contributed by atoms with Gasteiger partial charge in [-0.2, -0.15) is 5.10 Å². The number of carbonyl (C=O) groups is 3. The van der Waals surface area contributed by atoms with Gasteiger partial charge < -0.3 is 15.2 Å². The minimum Gasteiger partial charge on any atom is -0.550 e. The number of piperidine rings is 1. The van der Waals surface area contributed by atoms with Crippen LogP contribution in [0.15, 0.2) is 12.3 Å². The molecule has 29 heavy (non-hydrogen) atoms. The monoisotopic (exact) mass is 412 g/mol. The minimum absolute atomic E-state index is 0. The van der Waals surface area contributed by atoms with Crippen molar-refractivity contribution in [3.05, 3.63) is 12.3 Å². The molecule has 1 N–H and O–H groups in total. The fourth-order valence-corrected chi connectivity index (χ4v) is 4.65. The van der Waals surface area contributed by atoms with Crippen molar-refractivity contribution in [3.63, 3.8) is 0 Å². The van der Waals surface area contributed by atoms with Gasteiger partial charge in [0.2, 0.25) is 5.91 Å². The number of carboxylic acids is 1. The average Bonchev–Trinajstić information content (AvgIpc) is 3.12. The van der Waals surface area contributed by atoms with Crippen molar-refractivity contribution >= 4 is 23.6 Å². The summed E-state index contributed by atoms with van der Waals surface area (Å²) in [4.78, 5) is 38.6. The van der Waals surface area contributed by atoms with Gasteiger partial charge in [0.15, 0.2) is 0 Å². The molecule has 2 heterocycles. The topological polar surface area (TPSA) is 107 Å². The predicted octanol–water partition coefficient (Wildman–Crippen LogP) is -2.00. The maximum atomic E-state index is 12.9. The number of aliphatic carboxylic acids is 1. The Labute approximate surface area is 193 Å². The first-order valence-electron chi connectivity index (χ1n) is 10.3. The first-order valence-corrected chi connectivity index (χ1v) is 10.3. The van der Waals surface area contributed by atoms with Crippen molar-refractivity contribution in [1.29, 1.82) is 0 Å². The van der Waals surface area contributed by atoms with E-state index in [2.05, 4.69) is 10.4 Å². The molecule has 1 aromatic rings. The number of amides is 2. The third kappa shape index (κ3) is 5.83. The zero-order valence-corrected chi connectivity index (χ0v) is 19.5. The molecule has 0 aromatic carbocycles. The molecular weight excluding hydrogens is 383 g/mol. The summed E-state index contributed by atoms with van der Waals surface area (Å²) in [7, 11) is 0. The number of nitrogens with one attached hydrogen (secondary N) is 1. The number of hydrogen-bond donors (Lipinski definition) is 1. The van der Waals surface area contributed by atoms with Crippen molar-refractivity contribution in [2.24, 2.45) is 5.41 Å². The van der Waals surface area contributed by atoms with Gasteiger partial charge in [-0.15, -0.1) is 0 Å². The van der Waals surface area contributed by atoms with Gasteiger partial charge in [0.25, 0.3) is 5.91 Å². The molecule has 8 nitrogen and oxygen atoms in total. The van der Waals surface area contributed by atoms with E-state index in [0.29, 0.717) is 19.5 Å². The second-order valence-corrected chi connectivity index (χ2v) is 8.04. The van der Waals surface area contributed by atoms with Crippen LogP contribution < -0.4 is 44.9 Å². The van der Waals surface area contributed by atoms with Crippen LogP contribution in [0.3, 0.4) is 0 Å². The van der Waals surface area contributed by atoms with Crippen LogP contribution in [-0.2, 0) is 20.9 Å². The standard InChI is InChI=1S/C20H30N4O4.Na/c1-2-24-17(8-11-21-24)23-12-6-7-15(19(23)28)22-16(25)13-20(14-18(26)27)9-4-3-5-10-20;/h8,11,15H,2-7,9-10,12-14H2,1H3,(H,22,25)(H,26,27);/q;+1/p-1. The molecule has 1 atom stereocenters. The second-order valence-electron chi connectivity index (χ2n) is 8.04. The van der Waals surface area contributed by atoms with Crippen LogP contribution in [0.5, 0.6) is 0 Å². The van der Waals surface area contributed by atoms with Gasteiger partial charge >= 0.3 is 29.6 Å². The van der Waals surface area contributed by atoms with Gasteiger partial charge in [-0.05, 0) is 44.4 Å². The van der Waals surface area contributed by atoms with E-state index in [-0.39, 0.29) is 54.2 Å². The van der Waals surface area contributed by atoms with Gasteiger partial charge in [0.1, 0.15) is 11.9 Å². The zero-order chi connectivity index (χ0) is 20.1. The Morgan fingerprint density at radius 3 is 2.62 bits per heavy atom. The first-order chi connectivity index (χ1) is 13.4. The van der Waals surface area contributed by atoms with Crippen LogP contribution >= 0.6 is 0 Å². The molecule has 1 saturated carbocycles. The van der Waals surface area contributed by atoms with E-state index in [1.54, 1.807) is 15.8 Å². The molecule has 154 valence electrons. The molecule has 0 radical (unpaired) electrons. The van der Waals surface area contributed by atoms with Gasteiger partial charge in [-0.1, -0.05) is 19.3 Å². The molecule has 1 aromatic heterocycles. The molecule has 1 aliphatic heterocycles. The van der Waals surface area contributed by atoms with Crippen LogP contribution in [0.1, 0.15) is 64.7 Å². The van der Waals surface area contributed by atoms with Crippen LogP contribution in [-0.4, -0.2) is 40.2 Å². The van der Waals surface area contributed by atoms with Gasteiger partial charge in [0.05, 0.1) is 6.20 Å². The third-order valence-corrected chi connectivity index (χ3v) is 6.01. The number of carboxylic acid groups (broad SMARTS) is 1. The van der Waals surface area contributed by atoms with E-state index in [9.17, 15) is 19.5 Å². The molecular formula is C20H29N4NaO4. The quantitative estimate of drug-likeness (QED) is 0.521. The van der Waals surface area contributed by atoms with E-state index in [4.69, 9.17) is 0 Å². The molecule has 2 fully saturated rings. The van der Waals surface area contributed by atoms with Crippen LogP contribution in [0.2, 0.25) is 0 Å². The number of carbonyl (C=O) groups excluding carboxylic acids is 3. The largest absolute Gasteiger partial charge is 1.00 e. The van der Waals surface area contributed by atoms with Crippen molar-refractivity contribution in [3.8, 4) is 0 Å². The van der Waals surface area contributed by atoms with E-state index in [1.165, 1.54) is 0 Å². The Morgan fingerprint density at radius 1 is 1.24 bits per heavy atom. The number of nitrogens with zero attached hydrogens (tertiary/aromatic N) is 3. The smallest absolute Gasteiger partial charge is 0.550 e. The average molecular weight is 412 g/mol. The molecule has 2 aliphatic rings. The summed E-state index contributed by atoms with van der Waals surface area (Å²) in [6.07, 6.45) is 7.45. The summed E-state index contributed by atoms with van der Waals surface area (Å²) < 4.78 is 1.76. The summed E-state index contributed by atoms with van der Waals surface area (Å²) in [6.45, 7) is 3.23. The van der Waals surface area contributed by atoms with Crippen molar-refractivity contribution in [2.45, 2.75) is 77.3 Å². The minimum atomic E-state index is -1.11. The number of aromatic nitrogens is 2. The molecule has 9 heteroatoms. The number of aryl methyl sites for hydroxylation is 1. The molecule has 1 aliphatic carbocycles. The van der Waals surface area contributed by atoms with E-state index in [1.807, 2.05) is 13.0 Å². The van der Waals surface area contributed by atoms with E-state index in [0.717, 1.165) is 44.3 Å². The maximum absolute atomic E-state index is 12.9. The molecule has 1 unspecified atom stereocenters.